The van der Waals surface area contributed by atoms with Crippen LogP contribution in [0.4, 0.5) is 0 Å². The zero-order chi connectivity index (χ0) is 19.4. The van der Waals surface area contributed by atoms with Crippen LogP contribution in [0.1, 0.15) is 37.0 Å². The lowest BCUT2D eigenvalue weighted by Crippen LogP contribution is -2.46. The Labute approximate surface area is 160 Å². The normalized spacial score (nSPS) is 25.4. The lowest BCUT2D eigenvalue weighted by Gasteiger charge is -2.34. The molecule has 7 heteroatoms. The second-order valence-electron chi connectivity index (χ2n) is 7.90. The van der Waals surface area contributed by atoms with Crippen LogP contribution in [0.3, 0.4) is 0 Å². The number of phenols is 1. The third-order valence-corrected chi connectivity index (χ3v) is 5.01. The van der Waals surface area contributed by atoms with Gasteiger partial charge < -0.3 is 25.0 Å². The van der Waals surface area contributed by atoms with Crippen molar-refractivity contribution in [2.75, 3.05) is 32.9 Å². The van der Waals surface area contributed by atoms with Crippen LogP contribution in [0.15, 0.2) is 18.2 Å². The van der Waals surface area contributed by atoms with Crippen LogP contribution in [0.25, 0.3) is 0 Å². The van der Waals surface area contributed by atoms with Crippen molar-refractivity contribution in [1.29, 1.82) is 0 Å². The lowest BCUT2D eigenvalue weighted by molar-refractivity contribution is -0.0566. The molecule has 3 N–H and O–H groups in total. The molecule has 2 heterocycles. The molecular formula is C20H30N2O5. The molecule has 2 fully saturated rings. The number of aromatic hydroxyl groups is 1. The van der Waals surface area contributed by atoms with Crippen LogP contribution in [-0.4, -0.2) is 72.1 Å². The summed E-state index contributed by atoms with van der Waals surface area (Å²) in [6.45, 7) is 6.94. The molecule has 3 atom stereocenters. The van der Waals surface area contributed by atoms with Gasteiger partial charge in [0.25, 0.3) is 5.91 Å². The van der Waals surface area contributed by atoms with Gasteiger partial charge in [-0.3, -0.25) is 9.69 Å². The number of ether oxygens (including phenoxy) is 2. The van der Waals surface area contributed by atoms with Crippen molar-refractivity contribution in [3.63, 3.8) is 0 Å². The summed E-state index contributed by atoms with van der Waals surface area (Å²) in [4.78, 5) is 15.0. The number of morpholine rings is 1. The highest BCUT2D eigenvalue weighted by Crippen LogP contribution is 2.26. The number of carbonyl (C=O) groups is 1. The monoisotopic (exact) mass is 378 g/mol. The Morgan fingerprint density at radius 3 is 2.93 bits per heavy atom. The van der Waals surface area contributed by atoms with Crippen LogP contribution >= 0.6 is 0 Å². The quantitative estimate of drug-likeness (QED) is 0.664. The van der Waals surface area contributed by atoms with Crippen molar-refractivity contribution in [1.82, 2.24) is 10.2 Å². The number of fused-ring (bicyclic) bond motifs is 1. The minimum Gasteiger partial charge on any atom is -0.508 e. The maximum absolute atomic E-state index is 12.7. The van der Waals surface area contributed by atoms with Crippen molar-refractivity contribution in [2.24, 2.45) is 5.92 Å². The minimum absolute atomic E-state index is 0.0190. The van der Waals surface area contributed by atoms with E-state index in [1.807, 2.05) is 13.8 Å². The predicted molar refractivity (Wildman–Crippen MR) is 101 cm³/mol. The van der Waals surface area contributed by atoms with Crippen LogP contribution in [-0.2, 0) is 4.74 Å². The zero-order valence-electron chi connectivity index (χ0n) is 16.1. The van der Waals surface area contributed by atoms with Gasteiger partial charge in [0.05, 0.1) is 19.3 Å². The van der Waals surface area contributed by atoms with Gasteiger partial charge in [0.1, 0.15) is 11.5 Å². The fraction of sp³-hybridized carbons (Fsp3) is 0.650. The average Bonchev–Trinajstić information content (AvgIpc) is 3.01. The Hall–Kier alpha value is -1.83. The summed E-state index contributed by atoms with van der Waals surface area (Å²) in [6, 6.07) is 4.99. The van der Waals surface area contributed by atoms with Crippen molar-refractivity contribution < 1.29 is 24.5 Å². The molecule has 27 heavy (non-hydrogen) atoms. The first-order chi connectivity index (χ1) is 12.9. The second kappa shape index (κ2) is 8.91. The number of amides is 1. The number of hydrogen-bond acceptors (Lipinski definition) is 6. The van der Waals surface area contributed by atoms with Gasteiger partial charge >= 0.3 is 0 Å². The van der Waals surface area contributed by atoms with E-state index in [-0.39, 0.29) is 30.4 Å². The number of nitrogens with zero attached hydrogens (tertiary/aromatic N) is 1. The summed E-state index contributed by atoms with van der Waals surface area (Å²) in [5.74, 6) is 0.666. The van der Waals surface area contributed by atoms with Gasteiger partial charge in [0.15, 0.2) is 0 Å². The van der Waals surface area contributed by atoms with E-state index in [4.69, 9.17) is 14.6 Å². The Bertz CT molecular complexity index is 651. The highest BCUT2D eigenvalue weighted by atomic mass is 16.5. The van der Waals surface area contributed by atoms with Gasteiger partial charge in [0, 0.05) is 43.4 Å². The van der Waals surface area contributed by atoms with Crippen LogP contribution in [0.5, 0.6) is 11.5 Å². The predicted octanol–water partition coefficient (Wildman–Crippen LogP) is 1.38. The van der Waals surface area contributed by atoms with Gasteiger partial charge in [-0.25, -0.2) is 0 Å². The minimum atomic E-state index is -0.210. The SMILES string of the molecule is CC(C)COc1cc(O)cc(C(=O)N[C@H]2C[C@H]3CO[C@@H](CCO)CN3C2)c1. The van der Waals surface area contributed by atoms with E-state index in [9.17, 15) is 9.90 Å². The number of aliphatic hydroxyl groups is 1. The molecule has 1 amide bonds. The second-order valence-corrected chi connectivity index (χ2v) is 7.90. The van der Waals surface area contributed by atoms with E-state index < -0.39 is 0 Å². The first kappa shape index (κ1) is 19.9. The molecule has 2 saturated heterocycles. The lowest BCUT2D eigenvalue weighted by atomic mass is 10.1. The molecule has 3 rings (SSSR count). The highest BCUT2D eigenvalue weighted by Gasteiger charge is 2.37. The average molecular weight is 378 g/mol. The van der Waals surface area contributed by atoms with Crippen molar-refractivity contribution in [2.45, 2.75) is 44.9 Å². The van der Waals surface area contributed by atoms with Crippen molar-refractivity contribution in [3.05, 3.63) is 23.8 Å². The Balaban J connectivity index is 1.58. The zero-order valence-corrected chi connectivity index (χ0v) is 16.1. The molecule has 1 aromatic rings. The summed E-state index contributed by atoms with van der Waals surface area (Å²) < 4.78 is 11.4. The summed E-state index contributed by atoms with van der Waals surface area (Å²) in [6.07, 6.45) is 1.54. The molecular weight excluding hydrogens is 348 g/mol. The fourth-order valence-corrected chi connectivity index (χ4v) is 3.70. The number of phenolic OH excluding ortho intramolecular Hbond substituents is 1. The van der Waals surface area contributed by atoms with E-state index in [1.165, 1.54) is 12.1 Å². The Morgan fingerprint density at radius 1 is 1.37 bits per heavy atom. The van der Waals surface area contributed by atoms with Gasteiger partial charge in [-0.15, -0.1) is 0 Å². The highest BCUT2D eigenvalue weighted by molar-refractivity contribution is 5.95. The number of hydrogen-bond donors (Lipinski definition) is 3. The van der Waals surface area contributed by atoms with E-state index in [2.05, 4.69) is 10.2 Å². The first-order valence-corrected chi connectivity index (χ1v) is 9.68. The van der Waals surface area contributed by atoms with Crippen LogP contribution in [0.2, 0.25) is 0 Å². The molecule has 0 spiro atoms. The number of rotatable bonds is 7. The van der Waals surface area contributed by atoms with Gasteiger partial charge in [-0.2, -0.15) is 0 Å². The number of carbonyl (C=O) groups excluding carboxylic acids is 1. The molecule has 2 aliphatic rings. The standard InChI is InChI=1S/C20H30N2O5/c1-13(2)11-26-19-6-14(5-17(24)8-19)20(25)21-15-7-16-12-27-18(3-4-23)10-22(16)9-15/h5-6,8,13,15-16,18,23-24H,3-4,7,9-12H2,1-2H3,(H,21,25)/t15-,16-,18-/m0/s1. The third-order valence-electron chi connectivity index (χ3n) is 5.01. The topological polar surface area (TPSA) is 91.3 Å². The molecule has 2 aliphatic heterocycles. The van der Waals surface area contributed by atoms with Gasteiger partial charge in [0.2, 0.25) is 0 Å². The summed E-state index contributed by atoms with van der Waals surface area (Å²) in [5.41, 5.74) is 0.396. The summed E-state index contributed by atoms with van der Waals surface area (Å²) >= 11 is 0. The van der Waals surface area contributed by atoms with Crippen LogP contribution in [0, 0.1) is 5.92 Å². The fourth-order valence-electron chi connectivity index (χ4n) is 3.70. The summed E-state index contributed by atoms with van der Waals surface area (Å²) in [7, 11) is 0. The molecule has 0 saturated carbocycles. The van der Waals surface area contributed by atoms with Crippen molar-refractivity contribution >= 4 is 5.91 Å². The van der Waals surface area contributed by atoms with E-state index >= 15 is 0 Å². The molecule has 0 aromatic heterocycles. The van der Waals surface area contributed by atoms with Crippen LogP contribution < -0.4 is 10.1 Å². The maximum Gasteiger partial charge on any atom is 0.251 e. The van der Waals surface area contributed by atoms with Gasteiger partial charge in [-0.05, 0) is 30.9 Å². The smallest absolute Gasteiger partial charge is 0.251 e. The maximum atomic E-state index is 12.7. The molecule has 7 nitrogen and oxygen atoms in total. The largest absolute Gasteiger partial charge is 0.508 e. The van der Waals surface area contributed by atoms with E-state index in [0.29, 0.717) is 42.9 Å². The third kappa shape index (κ3) is 5.34. The Morgan fingerprint density at radius 2 is 2.19 bits per heavy atom. The number of aliphatic hydroxyl groups excluding tert-OH is 1. The molecule has 150 valence electrons. The Kier molecular flexibility index (Phi) is 6.57. The number of nitrogens with one attached hydrogen (secondary N) is 1. The first-order valence-electron chi connectivity index (χ1n) is 9.68. The van der Waals surface area contributed by atoms with E-state index in [1.54, 1.807) is 6.07 Å². The van der Waals surface area contributed by atoms with E-state index in [0.717, 1.165) is 19.5 Å². The molecule has 0 bridgehead atoms. The molecule has 0 aliphatic carbocycles. The molecule has 0 unspecified atom stereocenters. The summed E-state index contributed by atoms with van der Waals surface area (Å²) in [5, 5.41) is 22.1. The number of benzene rings is 1. The van der Waals surface area contributed by atoms with Crippen molar-refractivity contribution in [3.8, 4) is 11.5 Å². The van der Waals surface area contributed by atoms with Gasteiger partial charge in [-0.1, -0.05) is 13.8 Å². The molecule has 1 aromatic carbocycles. The molecule has 0 radical (unpaired) electrons.